The molecule has 0 N–H and O–H groups in total. The average Bonchev–Trinajstić information content (AvgIpc) is 2.52. The first-order chi connectivity index (χ1) is 12.6. The zero-order valence-electron chi connectivity index (χ0n) is 12.8. The Hall–Kier alpha value is -1.37. The highest BCUT2D eigenvalue weighted by atomic mass is 19.4. The summed E-state index contributed by atoms with van der Waals surface area (Å²) in [6.45, 7) is -3.80. The highest BCUT2D eigenvalue weighted by Crippen LogP contribution is 2.65. The van der Waals surface area contributed by atoms with E-state index in [1.54, 1.807) is 0 Å². The fraction of sp³-hybridized carbons (Fsp3) is 1.00. The Kier molecular flexibility index (Phi) is 6.50. The molecule has 0 aliphatic rings. The predicted octanol–water partition coefficient (Wildman–Crippen LogP) is 6.06. The normalized spacial score (nSPS) is 16.8. The predicted molar refractivity (Wildman–Crippen MR) is 51.2 cm³/mol. The Morgan fingerprint density at radius 1 is 0.333 bits per heavy atom. The van der Waals surface area contributed by atoms with Gasteiger partial charge >= 0.3 is 53.6 Å². The minimum absolute atomic E-state index is 3.80. The summed E-state index contributed by atoms with van der Waals surface area (Å²) >= 11 is 0. The monoisotopic (exact) mass is 499 g/mol. The molecule has 0 spiro atoms. The molecule has 0 unspecified atom stereocenters. The molecule has 0 aromatic heterocycles. The quantitative estimate of drug-likeness (QED) is 0.362. The molecule has 0 amide bonds. The van der Waals surface area contributed by atoms with Gasteiger partial charge in [0.05, 0.1) is 0 Å². The van der Waals surface area contributed by atoms with Crippen LogP contribution < -0.4 is 0 Å². The molecule has 0 aliphatic heterocycles. The maximum Gasteiger partial charge on any atom is 0.460 e. The van der Waals surface area contributed by atoms with E-state index in [9.17, 15) is 88.5 Å². The van der Waals surface area contributed by atoms with Gasteiger partial charge in [0, 0.05) is 0 Å². The van der Waals surface area contributed by atoms with E-state index in [0.29, 0.717) is 0 Å². The fourth-order valence-electron chi connectivity index (χ4n) is 1.48. The van der Waals surface area contributed by atoms with Crippen LogP contribution in [0, 0.1) is 0 Å². The van der Waals surface area contributed by atoms with E-state index < -0.39 is 60.2 Å². The van der Waals surface area contributed by atoms with Crippen molar-refractivity contribution in [1.29, 1.82) is 0 Å². The minimum Gasteiger partial charge on any atom is -0.230 e. The first-order valence-electron chi connectivity index (χ1n) is 6.23. The molecular formula is C10H2F19O. The largest absolute Gasteiger partial charge is 0.460 e. The molecule has 0 aromatic carbocycles. The lowest BCUT2D eigenvalue weighted by atomic mass is 9.87. The Morgan fingerprint density at radius 2 is 0.533 bits per heavy atom. The van der Waals surface area contributed by atoms with Crippen LogP contribution in [0.15, 0.2) is 0 Å². The summed E-state index contributed by atoms with van der Waals surface area (Å²) in [4.78, 5) is 0. The smallest absolute Gasteiger partial charge is 0.230 e. The van der Waals surface area contributed by atoms with E-state index in [0.717, 1.165) is 0 Å². The molecular weight excluding hydrogens is 497 g/mol. The second kappa shape index (κ2) is 6.81. The molecule has 0 atom stereocenters. The molecule has 30 heavy (non-hydrogen) atoms. The van der Waals surface area contributed by atoms with Gasteiger partial charge in [0.25, 0.3) is 0 Å². The van der Waals surface area contributed by atoms with Crippen LogP contribution in [0.2, 0.25) is 0 Å². The molecule has 0 fully saturated rings. The van der Waals surface area contributed by atoms with Gasteiger partial charge in [-0.2, -0.15) is 83.4 Å². The second-order valence-electron chi connectivity index (χ2n) is 5.37. The van der Waals surface area contributed by atoms with E-state index in [1.807, 2.05) is 0 Å². The molecule has 20 heteroatoms. The van der Waals surface area contributed by atoms with Crippen molar-refractivity contribution < 1.29 is 88.5 Å². The van der Waals surface area contributed by atoms with Gasteiger partial charge in [-0.05, 0) is 0 Å². The Morgan fingerprint density at radius 3 is 0.733 bits per heavy atom. The lowest BCUT2D eigenvalue weighted by molar-refractivity contribution is -0.469. The number of rotatable bonds is 8. The van der Waals surface area contributed by atoms with Crippen LogP contribution in [0.3, 0.4) is 0 Å². The fourth-order valence-corrected chi connectivity index (χ4v) is 1.48. The third-order valence-corrected chi connectivity index (χ3v) is 3.36. The highest BCUT2D eigenvalue weighted by Gasteiger charge is 2.96. The van der Waals surface area contributed by atoms with E-state index in [1.165, 1.54) is 0 Å². The molecule has 0 bridgehead atoms. The van der Waals surface area contributed by atoms with Crippen LogP contribution in [-0.2, 0) is 5.11 Å². The van der Waals surface area contributed by atoms with Crippen LogP contribution in [-0.4, -0.2) is 60.2 Å². The molecule has 1 radical (unpaired) electrons. The van der Waals surface area contributed by atoms with Crippen molar-refractivity contribution in [3.8, 4) is 0 Å². The topological polar surface area (TPSA) is 19.9 Å². The van der Waals surface area contributed by atoms with Crippen LogP contribution in [0.4, 0.5) is 83.4 Å². The van der Waals surface area contributed by atoms with Crippen molar-refractivity contribution in [2.45, 2.75) is 53.6 Å². The van der Waals surface area contributed by atoms with Gasteiger partial charge < -0.3 is 0 Å². The van der Waals surface area contributed by atoms with E-state index in [2.05, 4.69) is 0 Å². The Balaban J connectivity index is 6.85. The van der Waals surface area contributed by atoms with Crippen molar-refractivity contribution in [3.05, 3.63) is 0 Å². The number of alkyl halides is 19. The van der Waals surface area contributed by atoms with Crippen LogP contribution in [0.25, 0.3) is 0 Å². The summed E-state index contributed by atoms with van der Waals surface area (Å²) in [5.74, 6) is -67.3. The number of halogens is 19. The van der Waals surface area contributed by atoms with Crippen molar-refractivity contribution >= 4 is 0 Å². The second-order valence-corrected chi connectivity index (χ2v) is 5.37. The van der Waals surface area contributed by atoms with Gasteiger partial charge in [0.1, 0.15) is 0 Å². The number of hydrogen-bond donors (Lipinski definition) is 0. The molecule has 0 heterocycles. The molecule has 0 aromatic rings. The maximum absolute atomic E-state index is 13.1. The van der Waals surface area contributed by atoms with Crippen molar-refractivity contribution in [1.82, 2.24) is 0 Å². The maximum atomic E-state index is 13.1. The van der Waals surface area contributed by atoms with Gasteiger partial charge in [-0.3, -0.25) is 0 Å². The van der Waals surface area contributed by atoms with E-state index in [4.69, 9.17) is 0 Å². The van der Waals surface area contributed by atoms with Crippen molar-refractivity contribution in [2.24, 2.45) is 0 Å². The van der Waals surface area contributed by atoms with Gasteiger partial charge in [0.2, 0.25) is 0 Å². The Bertz CT molecular complexity index is 628. The molecule has 0 saturated heterocycles. The molecule has 181 valence electrons. The van der Waals surface area contributed by atoms with Crippen LogP contribution >= 0.6 is 0 Å². The van der Waals surface area contributed by atoms with Crippen LogP contribution in [0.5, 0.6) is 0 Å². The van der Waals surface area contributed by atoms with Gasteiger partial charge in [-0.15, -0.1) is 0 Å². The third kappa shape index (κ3) is 3.23. The third-order valence-electron chi connectivity index (χ3n) is 3.36. The van der Waals surface area contributed by atoms with E-state index in [-0.39, 0.29) is 0 Å². The number of hydrogen-bond acceptors (Lipinski definition) is 0. The summed E-state index contributed by atoms with van der Waals surface area (Å²) in [5.41, 5.74) is 0. The Labute approximate surface area is 150 Å². The SMILES string of the molecule is [O]CC(F)(F)C(F)(F)C(F)(F)C(F)(F)C(F)(F)C(F)(F)C(F)(F)C(F)(F)C(F)(F)F. The molecule has 0 saturated carbocycles. The minimum atomic E-state index is -8.95. The molecule has 1 nitrogen and oxygen atoms in total. The summed E-state index contributed by atoms with van der Waals surface area (Å²) in [6.07, 6.45) is -7.91. The first-order valence-corrected chi connectivity index (χ1v) is 6.23. The standard InChI is InChI=1S/C10H2F19O/c11-2(12,1-30)3(13,14)4(15,16)5(17,18)6(19,20)7(21,22)8(23,24)9(25,26)10(27,28)29/h1H2. The summed E-state index contributed by atoms with van der Waals surface area (Å²) < 4.78 is 241. The average molecular weight is 499 g/mol. The zero-order valence-corrected chi connectivity index (χ0v) is 12.8. The lowest BCUT2D eigenvalue weighted by Crippen LogP contribution is -2.76. The lowest BCUT2D eigenvalue weighted by Gasteiger charge is -2.43. The molecule has 0 aliphatic carbocycles. The van der Waals surface area contributed by atoms with Gasteiger partial charge in [0.15, 0.2) is 6.61 Å². The van der Waals surface area contributed by atoms with Crippen molar-refractivity contribution in [2.75, 3.05) is 6.61 Å². The summed E-state index contributed by atoms with van der Waals surface area (Å²) in [6, 6.07) is 0. The van der Waals surface area contributed by atoms with Gasteiger partial charge in [-0.1, -0.05) is 0 Å². The first kappa shape index (κ1) is 28.6. The summed E-state index contributed by atoms with van der Waals surface area (Å²) in [5, 5.41) is 9.73. The zero-order chi connectivity index (χ0) is 25.2. The highest BCUT2D eigenvalue weighted by molar-refractivity contribution is 5.16. The van der Waals surface area contributed by atoms with Crippen LogP contribution in [0.1, 0.15) is 0 Å². The summed E-state index contributed by atoms with van der Waals surface area (Å²) in [7, 11) is 0. The van der Waals surface area contributed by atoms with Crippen molar-refractivity contribution in [3.63, 3.8) is 0 Å². The van der Waals surface area contributed by atoms with Gasteiger partial charge in [-0.25, -0.2) is 5.11 Å². The molecule has 0 rings (SSSR count). The van der Waals surface area contributed by atoms with E-state index >= 15 is 0 Å².